The van der Waals surface area contributed by atoms with Gasteiger partial charge in [0.15, 0.2) is 5.82 Å². The van der Waals surface area contributed by atoms with E-state index in [1.807, 2.05) is 19.1 Å². The maximum Gasteiger partial charge on any atom is 0.341 e. The zero-order chi connectivity index (χ0) is 23.3. The first kappa shape index (κ1) is 21.6. The lowest BCUT2D eigenvalue weighted by atomic mass is 9.83. The molecule has 1 unspecified atom stereocenters. The van der Waals surface area contributed by atoms with Gasteiger partial charge in [0.2, 0.25) is 11.3 Å². The van der Waals surface area contributed by atoms with Crippen molar-refractivity contribution in [3.05, 3.63) is 58.7 Å². The van der Waals surface area contributed by atoms with E-state index in [4.69, 9.17) is 0 Å². The van der Waals surface area contributed by atoms with Crippen LogP contribution in [0.2, 0.25) is 0 Å². The zero-order valence-corrected chi connectivity index (χ0v) is 18.4. The first-order chi connectivity index (χ1) is 15.8. The molecule has 1 saturated carbocycles. The summed E-state index contributed by atoms with van der Waals surface area (Å²) < 4.78 is 30.9. The lowest BCUT2D eigenvalue weighted by Gasteiger charge is -2.40. The quantitative estimate of drug-likeness (QED) is 0.548. The predicted octanol–water partition coefficient (Wildman–Crippen LogP) is 3.98. The SMILES string of the molecule is Cc1ccc(C=NC2(C(=O)O)CN(C3CC3)c3c(cc(F)c(N4CCCC4)c3F)C2=O)cc1. The second kappa shape index (κ2) is 7.93. The number of Topliss-reactive ketones (excluding diaryl/α,β-unsaturated/α-hetero) is 1. The summed E-state index contributed by atoms with van der Waals surface area (Å²) in [5.41, 5.74) is -0.880. The lowest BCUT2D eigenvalue weighted by molar-refractivity contribution is -0.141. The number of benzene rings is 2. The Bertz CT molecular complexity index is 1150. The summed E-state index contributed by atoms with van der Waals surface area (Å²) in [7, 11) is 0. The maximum atomic E-state index is 15.8. The van der Waals surface area contributed by atoms with Gasteiger partial charge in [0.05, 0.1) is 17.8 Å². The normalized spacial score (nSPS) is 22.8. The van der Waals surface area contributed by atoms with Crippen LogP contribution in [0.5, 0.6) is 0 Å². The molecule has 172 valence electrons. The molecule has 3 aliphatic rings. The number of carboxylic acids is 1. The van der Waals surface area contributed by atoms with Crippen molar-refractivity contribution in [1.29, 1.82) is 0 Å². The smallest absolute Gasteiger partial charge is 0.341 e. The van der Waals surface area contributed by atoms with Gasteiger partial charge in [-0.05, 0) is 44.2 Å². The number of aryl methyl sites for hydroxylation is 1. The highest BCUT2D eigenvalue weighted by atomic mass is 19.1. The van der Waals surface area contributed by atoms with Crippen LogP contribution in [0, 0.1) is 18.6 Å². The topological polar surface area (TPSA) is 73.2 Å². The number of nitrogens with zero attached hydrogens (tertiary/aromatic N) is 3. The number of fused-ring (bicyclic) bond motifs is 1. The third-order valence-electron chi connectivity index (χ3n) is 6.75. The van der Waals surface area contributed by atoms with Gasteiger partial charge in [0.1, 0.15) is 11.5 Å². The molecule has 0 spiro atoms. The van der Waals surface area contributed by atoms with Crippen molar-refractivity contribution < 1.29 is 23.5 Å². The van der Waals surface area contributed by atoms with Crippen LogP contribution in [0.25, 0.3) is 0 Å². The first-order valence-corrected chi connectivity index (χ1v) is 11.3. The molecule has 1 atom stereocenters. The molecule has 2 aromatic rings. The van der Waals surface area contributed by atoms with E-state index in [2.05, 4.69) is 4.99 Å². The first-order valence-electron chi connectivity index (χ1n) is 11.3. The summed E-state index contributed by atoms with van der Waals surface area (Å²) in [6, 6.07) is 8.16. The van der Waals surface area contributed by atoms with Crippen LogP contribution >= 0.6 is 0 Å². The van der Waals surface area contributed by atoms with Gasteiger partial charge in [-0.15, -0.1) is 0 Å². The maximum absolute atomic E-state index is 15.8. The van der Waals surface area contributed by atoms with Crippen LogP contribution in [0.4, 0.5) is 20.2 Å². The van der Waals surface area contributed by atoms with E-state index in [1.165, 1.54) is 6.21 Å². The number of rotatable bonds is 5. The molecule has 2 aliphatic heterocycles. The standard InChI is InChI=1S/C25H25F2N3O3/c1-15-4-6-16(7-5-15)13-28-25(24(32)33)14-30(17-8-9-17)21-18(23(25)31)12-19(26)22(20(21)27)29-10-2-3-11-29/h4-7,12-13,17H,2-3,8-11,14H2,1H3,(H,32,33). The molecule has 0 radical (unpaired) electrons. The average Bonchev–Trinajstić information content (AvgIpc) is 3.50. The fourth-order valence-corrected chi connectivity index (χ4v) is 4.76. The fraction of sp³-hybridized carbons (Fsp3) is 0.400. The molecule has 2 aromatic carbocycles. The second-order valence-corrected chi connectivity index (χ2v) is 9.13. The molecule has 0 amide bonds. The van der Waals surface area contributed by atoms with Crippen molar-refractivity contribution in [2.45, 2.75) is 44.2 Å². The largest absolute Gasteiger partial charge is 0.479 e. The van der Waals surface area contributed by atoms with E-state index in [0.717, 1.165) is 37.3 Å². The Morgan fingerprint density at radius 1 is 1.15 bits per heavy atom. The molecule has 2 fully saturated rings. The Morgan fingerprint density at radius 2 is 1.82 bits per heavy atom. The van der Waals surface area contributed by atoms with Crippen LogP contribution in [-0.4, -0.2) is 54.3 Å². The van der Waals surface area contributed by atoms with Crippen molar-refractivity contribution in [2.24, 2.45) is 4.99 Å². The number of halogens is 2. The third kappa shape index (κ3) is 3.57. The lowest BCUT2D eigenvalue weighted by Crippen LogP contribution is -2.58. The Morgan fingerprint density at radius 3 is 2.42 bits per heavy atom. The summed E-state index contributed by atoms with van der Waals surface area (Å²) in [4.78, 5) is 33.5. The average molecular weight is 453 g/mol. The van der Waals surface area contributed by atoms with Crippen LogP contribution < -0.4 is 9.80 Å². The van der Waals surface area contributed by atoms with E-state index >= 15 is 8.78 Å². The highest BCUT2D eigenvalue weighted by Gasteiger charge is 2.55. The van der Waals surface area contributed by atoms with Gasteiger partial charge < -0.3 is 14.9 Å². The van der Waals surface area contributed by atoms with Gasteiger partial charge >= 0.3 is 5.97 Å². The van der Waals surface area contributed by atoms with Crippen molar-refractivity contribution in [2.75, 3.05) is 29.4 Å². The van der Waals surface area contributed by atoms with E-state index in [1.54, 1.807) is 21.9 Å². The monoisotopic (exact) mass is 453 g/mol. The van der Waals surface area contributed by atoms with Gasteiger partial charge in [-0.3, -0.25) is 9.79 Å². The van der Waals surface area contributed by atoms with Crippen LogP contribution in [0.1, 0.15) is 47.2 Å². The minimum atomic E-state index is -2.17. The number of ketones is 1. The van der Waals surface area contributed by atoms with Gasteiger partial charge in [-0.25, -0.2) is 13.6 Å². The summed E-state index contributed by atoms with van der Waals surface area (Å²) >= 11 is 0. The highest BCUT2D eigenvalue weighted by molar-refractivity contribution is 6.21. The molecular formula is C25H25F2N3O3. The molecule has 2 heterocycles. The number of anilines is 2. The Kier molecular flexibility index (Phi) is 5.18. The van der Waals surface area contributed by atoms with E-state index in [-0.39, 0.29) is 29.5 Å². The van der Waals surface area contributed by atoms with Crippen molar-refractivity contribution in [3.8, 4) is 0 Å². The summed E-state index contributed by atoms with van der Waals surface area (Å²) in [5, 5.41) is 10.1. The molecule has 0 aromatic heterocycles. The van der Waals surface area contributed by atoms with Crippen molar-refractivity contribution >= 4 is 29.3 Å². The number of carbonyl (C=O) groups is 2. The molecule has 1 saturated heterocycles. The van der Waals surface area contributed by atoms with Crippen molar-refractivity contribution in [3.63, 3.8) is 0 Å². The predicted molar refractivity (Wildman–Crippen MR) is 122 cm³/mol. The number of carbonyl (C=O) groups excluding carboxylic acids is 1. The Hall–Kier alpha value is -3.29. The molecule has 33 heavy (non-hydrogen) atoms. The van der Waals surface area contributed by atoms with Crippen LogP contribution in [0.15, 0.2) is 35.3 Å². The Balaban J connectivity index is 1.63. The molecule has 6 nitrogen and oxygen atoms in total. The molecule has 0 bridgehead atoms. The summed E-state index contributed by atoms with van der Waals surface area (Å²) in [5.74, 6) is -3.96. The zero-order valence-electron chi connectivity index (χ0n) is 18.4. The minimum absolute atomic E-state index is 0.00760. The fourth-order valence-electron chi connectivity index (χ4n) is 4.76. The van der Waals surface area contributed by atoms with Gasteiger partial charge in [0.25, 0.3) is 0 Å². The summed E-state index contributed by atoms with van der Waals surface area (Å²) in [6.07, 6.45) is 4.54. The molecule has 1 aliphatic carbocycles. The Labute approximate surface area is 190 Å². The molecule has 5 rings (SSSR count). The van der Waals surface area contributed by atoms with Crippen molar-refractivity contribution in [1.82, 2.24) is 0 Å². The van der Waals surface area contributed by atoms with Gasteiger partial charge in [0, 0.05) is 25.3 Å². The molecule has 1 N–H and O–H groups in total. The second-order valence-electron chi connectivity index (χ2n) is 9.13. The van der Waals surface area contributed by atoms with Gasteiger partial charge in [-0.2, -0.15) is 0 Å². The molecule has 8 heteroatoms. The van der Waals surface area contributed by atoms with E-state index < -0.39 is 28.9 Å². The van der Waals surface area contributed by atoms with Crippen LogP contribution in [0.3, 0.4) is 0 Å². The number of hydrogen-bond donors (Lipinski definition) is 1. The minimum Gasteiger partial charge on any atom is -0.479 e. The van der Waals surface area contributed by atoms with Gasteiger partial charge in [-0.1, -0.05) is 29.8 Å². The number of carboxylic acid groups (broad SMARTS) is 1. The third-order valence-corrected chi connectivity index (χ3v) is 6.75. The highest BCUT2D eigenvalue weighted by Crippen LogP contribution is 2.45. The number of aliphatic carboxylic acids is 1. The summed E-state index contributed by atoms with van der Waals surface area (Å²) in [6.45, 7) is 2.73. The molecular weight excluding hydrogens is 428 g/mol. The van der Waals surface area contributed by atoms with E-state index in [9.17, 15) is 14.7 Å². The number of hydrogen-bond acceptors (Lipinski definition) is 5. The van der Waals surface area contributed by atoms with E-state index in [0.29, 0.717) is 18.7 Å². The number of aliphatic imine (C=N–C) groups is 1. The van der Waals surface area contributed by atoms with Crippen LogP contribution in [-0.2, 0) is 4.79 Å².